The maximum Gasteiger partial charge on any atom is 0.280 e. The molecule has 1 aliphatic heterocycles. The second kappa shape index (κ2) is 6.80. The lowest BCUT2D eigenvalue weighted by Gasteiger charge is -2.30. The molecule has 0 unspecified atom stereocenters. The number of piperidine rings is 1. The Morgan fingerprint density at radius 3 is 2.58 bits per heavy atom. The van der Waals surface area contributed by atoms with Gasteiger partial charge in [0.2, 0.25) is 5.95 Å². The van der Waals surface area contributed by atoms with Crippen molar-refractivity contribution in [3.63, 3.8) is 0 Å². The Kier molecular flexibility index (Phi) is 4.75. The Balaban J connectivity index is 2.01. The Morgan fingerprint density at radius 2 is 2.00 bits per heavy atom. The van der Waals surface area contributed by atoms with Crippen LogP contribution in [-0.4, -0.2) is 38.9 Å². The van der Waals surface area contributed by atoms with Gasteiger partial charge in [-0.3, -0.25) is 4.68 Å². The zero-order valence-electron chi connectivity index (χ0n) is 13.9. The number of nitrogens with two attached hydrogens (primary N) is 1. The van der Waals surface area contributed by atoms with E-state index in [-0.39, 0.29) is 11.7 Å². The van der Waals surface area contributed by atoms with Crippen LogP contribution in [-0.2, 0) is 6.54 Å². The Hall–Kier alpha value is -2.09. The van der Waals surface area contributed by atoms with Crippen molar-refractivity contribution in [3.05, 3.63) is 23.7 Å². The van der Waals surface area contributed by atoms with Crippen molar-refractivity contribution in [2.75, 3.05) is 18.0 Å². The number of alkyl halides is 2. The minimum Gasteiger partial charge on any atom is -0.341 e. The third kappa shape index (κ3) is 3.24. The number of nitrogens with zero attached hydrogens (tertiary/aromatic N) is 5. The van der Waals surface area contributed by atoms with Crippen molar-refractivity contribution in [2.24, 2.45) is 5.73 Å². The molecule has 0 aliphatic carbocycles. The van der Waals surface area contributed by atoms with Gasteiger partial charge in [0.25, 0.3) is 6.43 Å². The van der Waals surface area contributed by atoms with E-state index in [0.29, 0.717) is 24.7 Å². The molecule has 8 heteroatoms. The van der Waals surface area contributed by atoms with Gasteiger partial charge in [0.1, 0.15) is 5.69 Å². The highest BCUT2D eigenvalue weighted by Gasteiger charge is 2.22. The number of halogens is 2. The van der Waals surface area contributed by atoms with E-state index in [4.69, 9.17) is 5.73 Å². The summed E-state index contributed by atoms with van der Waals surface area (Å²) < 4.78 is 28.4. The standard InChI is InChI=1S/C16H22F2N6/c1-3-24-10(2)12(9-20-24)13-8-14(15(17)18)22-16(21-13)23-6-4-11(19)5-7-23/h8-9,11,15H,3-7,19H2,1-2H3. The number of aromatic nitrogens is 4. The van der Waals surface area contributed by atoms with Gasteiger partial charge in [0.15, 0.2) is 0 Å². The minimum atomic E-state index is -2.64. The summed E-state index contributed by atoms with van der Waals surface area (Å²) in [6, 6.07) is 1.51. The van der Waals surface area contributed by atoms with Gasteiger partial charge in [-0.2, -0.15) is 5.10 Å². The molecule has 2 N–H and O–H groups in total. The van der Waals surface area contributed by atoms with Crippen LogP contribution in [0, 0.1) is 6.92 Å². The first-order valence-corrected chi connectivity index (χ1v) is 8.20. The van der Waals surface area contributed by atoms with Crippen molar-refractivity contribution in [1.29, 1.82) is 0 Å². The molecule has 0 atom stereocenters. The van der Waals surface area contributed by atoms with Crippen LogP contribution < -0.4 is 10.6 Å². The van der Waals surface area contributed by atoms with Crippen molar-refractivity contribution >= 4 is 5.95 Å². The number of anilines is 1. The second-order valence-electron chi connectivity index (χ2n) is 6.06. The van der Waals surface area contributed by atoms with Crippen LogP contribution in [0.1, 0.15) is 37.6 Å². The number of rotatable bonds is 4. The lowest BCUT2D eigenvalue weighted by molar-refractivity contribution is 0.146. The fourth-order valence-corrected chi connectivity index (χ4v) is 2.96. The smallest absolute Gasteiger partial charge is 0.280 e. The van der Waals surface area contributed by atoms with Gasteiger partial charge in [-0.15, -0.1) is 0 Å². The first-order chi connectivity index (χ1) is 11.5. The van der Waals surface area contributed by atoms with Crippen molar-refractivity contribution in [2.45, 2.75) is 45.7 Å². The maximum absolute atomic E-state index is 13.3. The van der Waals surface area contributed by atoms with Gasteiger partial charge >= 0.3 is 0 Å². The van der Waals surface area contributed by atoms with Crippen LogP contribution in [0.2, 0.25) is 0 Å². The van der Waals surface area contributed by atoms with E-state index in [9.17, 15) is 8.78 Å². The van der Waals surface area contributed by atoms with E-state index in [0.717, 1.165) is 30.6 Å². The molecule has 2 aromatic rings. The van der Waals surface area contributed by atoms with Gasteiger partial charge in [-0.1, -0.05) is 0 Å². The topological polar surface area (TPSA) is 72.9 Å². The molecule has 1 aliphatic rings. The first-order valence-electron chi connectivity index (χ1n) is 8.20. The zero-order chi connectivity index (χ0) is 17.3. The molecule has 2 aromatic heterocycles. The fraction of sp³-hybridized carbons (Fsp3) is 0.562. The number of hydrogen-bond acceptors (Lipinski definition) is 5. The van der Waals surface area contributed by atoms with Gasteiger partial charge in [-0.25, -0.2) is 18.7 Å². The largest absolute Gasteiger partial charge is 0.341 e. The lowest BCUT2D eigenvalue weighted by atomic mass is 10.1. The summed E-state index contributed by atoms with van der Waals surface area (Å²) in [4.78, 5) is 10.5. The summed E-state index contributed by atoms with van der Waals surface area (Å²) in [5.74, 6) is 0.346. The molecule has 0 spiro atoms. The van der Waals surface area contributed by atoms with Gasteiger partial charge in [0.05, 0.1) is 11.9 Å². The first kappa shape index (κ1) is 16.8. The molecule has 130 valence electrons. The molecular weight excluding hydrogens is 314 g/mol. The predicted molar refractivity (Wildman–Crippen MR) is 88.0 cm³/mol. The summed E-state index contributed by atoms with van der Waals surface area (Å²) in [5, 5.41) is 4.28. The third-order valence-electron chi connectivity index (χ3n) is 4.46. The van der Waals surface area contributed by atoms with E-state index >= 15 is 0 Å². The highest BCUT2D eigenvalue weighted by Crippen LogP contribution is 2.28. The van der Waals surface area contributed by atoms with E-state index in [1.54, 1.807) is 6.20 Å². The molecular formula is C16H22F2N6. The van der Waals surface area contributed by atoms with Crippen LogP contribution in [0.5, 0.6) is 0 Å². The highest BCUT2D eigenvalue weighted by atomic mass is 19.3. The Morgan fingerprint density at radius 1 is 1.29 bits per heavy atom. The predicted octanol–water partition coefficient (Wildman–Crippen LogP) is 2.53. The molecule has 0 amide bonds. The Labute approximate surface area is 139 Å². The van der Waals surface area contributed by atoms with Crippen LogP contribution in [0.4, 0.5) is 14.7 Å². The monoisotopic (exact) mass is 336 g/mol. The molecule has 1 fully saturated rings. The van der Waals surface area contributed by atoms with Crippen LogP contribution in [0.25, 0.3) is 11.3 Å². The Bertz CT molecular complexity index is 707. The van der Waals surface area contributed by atoms with Crippen molar-refractivity contribution in [3.8, 4) is 11.3 Å². The summed E-state index contributed by atoms with van der Waals surface area (Å²) in [6.45, 7) is 5.98. The van der Waals surface area contributed by atoms with Gasteiger partial charge in [-0.05, 0) is 32.8 Å². The zero-order valence-corrected chi connectivity index (χ0v) is 13.9. The highest BCUT2D eigenvalue weighted by molar-refractivity contribution is 5.63. The van der Waals surface area contributed by atoms with Gasteiger partial charge in [0, 0.05) is 36.9 Å². The van der Waals surface area contributed by atoms with Crippen molar-refractivity contribution < 1.29 is 8.78 Å². The average Bonchev–Trinajstić information content (AvgIpc) is 2.95. The normalized spacial score (nSPS) is 16.2. The second-order valence-corrected chi connectivity index (χ2v) is 6.06. The maximum atomic E-state index is 13.3. The molecule has 0 radical (unpaired) electrons. The summed E-state index contributed by atoms with van der Waals surface area (Å²) in [7, 11) is 0. The average molecular weight is 336 g/mol. The van der Waals surface area contributed by atoms with E-state index in [1.165, 1.54) is 6.07 Å². The SMILES string of the molecule is CCn1ncc(-c2cc(C(F)F)nc(N3CCC(N)CC3)n2)c1C. The number of hydrogen-bond donors (Lipinski definition) is 1. The van der Waals surface area contributed by atoms with Crippen molar-refractivity contribution in [1.82, 2.24) is 19.7 Å². The molecule has 1 saturated heterocycles. The quantitative estimate of drug-likeness (QED) is 0.929. The third-order valence-corrected chi connectivity index (χ3v) is 4.46. The number of aryl methyl sites for hydroxylation is 1. The summed E-state index contributed by atoms with van der Waals surface area (Å²) >= 11 is 0. The van der Waals surface area contributed by atoms with E-state index in [1.807, 2.05) is 23.4 Å². The fourth-order valence-electron chi connectivity index (χ4n) is 2.96. The van der Waals surface area contributed by atoms with Gasteiger partial charge < -0.3 is 10.6 Å². The molecule has 0 saturated carbocycles. The van der Waals surface area contributed by atoms with Crippen LogP contribution >= 0.6 is 0 Å². The molecule has 3 rings (SSSR count). The summed E-state index contributed by atoms with van der Waals surface area (Å²) in [5.41, 5.74) is 7.81. The molecule has 6 nitrogen and oxygen atoms in total. The lowest BCUT2D eigenvalue weighted by Crippen LogP contribution is -2.40. The van der Waals surface area contributed by atoms with E-state index < -0.39 is 6.43 Å². The van der Waals surface area contributed by atoms with Crippen LogP contribution in [0.3, 0.4) is 0 Å². The minimum absolute atomic E-state index is 0.157. The molecule has 0 aromatic carbocycles. The molecule has 0 bridgehead atoms. The summed E-state index contributed by atoms with van der Waals surface area (Å²) in [6.07, 6.45) is 0.653. The molecule has 3 heterocycles. The van der Waals surface area contributed by atoms with E-state index in [2.05, 4.69) is 15.1 Å². The van der Waals surface area contributed by atoms with Crippen LogP contribution in [0.15, 0.2) is 12.3 Å². The molecule has 24 heavy (non-hydrogen) atoms.